The van der Waals surface area contributed by atoms with Gasteiger partial charge >= 0.3 is 0 Å². The Morgan fingerprint density at radius 1 is 0.931 bits per heavy atom. The zero-order valence-electron chi connectivity index (χ0n) is 15.8. The van der Waals surface area contributed by atoms with E-state index in [-0.39, 0.29) is 11.6 Å². The fourth-order valence-corrected chi connectivity index (χ4v) is 3.99. The second-order valence-corrected chi connectivity index (χ2v) is 8.31. The van der Waals surface area contributed by atoms with Crippen LogP contribution in [0.4, 0.5) is 5.69 Å². The van der Waals surface area contributed by atoms with Gasteiger partial charge in [0.2, 0.25) is 10.0 Å². The van der Waals surface area contributed by atoms with E-state index in [1.54, 1.807) is 48.5 Å². The molecule has 0 radical (unpaired) electrons. The zero-order chi connectivity index (χ0) is 20.7. The fraction of sp³-hybridized carbons (Fsp3) is 0.136. The van der Waals surface area contributed by atoms with Crippen molar-refractivity contribution in [3.05, 3.63) is 95.6 Å². The molecule has 150 valence electrons. The molecule has 0 amide bonds. The maximum absolute atomic E-state index is 12.4. The van der Waals surface area contributed by atoms with E-state index in [1.165, 1.54) is 0 Å². The van der Waals surface area contributed by atoms with E-state index in [0.29, 0.717) is 30.0 Å². The van der Waals surface area contributed by atoms with Crippen LogP contribution in [0.1, 0.15) is 16.7 Å². The third kappa shape index (κ3) is 6.36. The topological polar surface area (TPSA) is 105 Å². The van der Waals surface area contributed by atoms with Crippen molar-refractivity contribution in [2.75, 3.05) is 11.3 Å². The lowest BCUT2D eigenvalue weighted by Crippen LogP contribution is -2.15. The Morgan fingerprint density at radius 2 is 1.66 bits per heavy atom. The molecule has 0 unspecified atom stereocenters. The number of ether oxygens (including phenoxy) is 1. The van der Waals surface area contributed by atoms with Crippen molar-refractivity contribution in [1.82, 2.24) is 0 Å². The van der Waals surface area contributed by atoms with Gasteiger partial charge in [-0.2, -0.15) is 0 Å². The van der Waals surface area contributed by atoms with Gasteiger partial charge in [-0.1, -0.05) is 60.7 Å². The van der Waals surface area contributed by atoms with Gasteiger partial charge in [0.15, 0.2) is 0 Å². The number of nitrogens with two attached hydrogens (primary N) is 1. The molecule has 3 rings (SSSR count). The molecule has 3 aromatic carbocycles. The minimum absolute atomic E-state index is 0.0410. The second-order valence-electron chi connectivity index (χ2n) is 6.58. The Bertz CT molecular complexity index is 1070. The highest BCUT2D eigenvalue weighted by atomic mass is 32.2. The number of rotatable bonds is 9. The Morgan fingerprint density at radius 3 is 2.34 bits per heavy atom. The second kappa shape index (κ2) is 9.25. The van der Waals surface area contributed by atoms with Gasteiger partial charge in [-0.25, -0.2) is 8.42 Å². The van der Waals surface area contributed by atoms with Crippen LogP contribution in [0.3, 0.4) is 0 Å². The summed E-state index contributed by atoms with van der Waals surface area (Å²) in [7, 11) is -3.51. The number of nitrogens with one attached hydrogen (secondary N) is 2. The molecule has 0 saturated heterocycles. The number of anilines is 1. The Kier molecular flexibility index (Phi) is 6.51. The molecular weight excluding hydrogens is 386 g/mol. The van der Waals surface area contributed by atoms with Crippen molar-refractivity contribution < 1.29 is 13.2 Å². The van der Waals surface area contributed by atoms with Crippen LogP contribution < -0.4 is 15.2 Å². The van der Waals surface area contributed by atoms with Crippen LogP contribution >= 0.6 is 0 Å². The van der Waals surface area contributed by atoms with Gasteiger partial charge in [0.25, 0.3) is 0 Å². The largest absolute Gasteiger partial charge is 0.493 e. The minimum Gasteiger partial charge on any atom is -0.493 e. The van der Waals surface area contributed by atoms with E-state index in [0.717, 1.165) is 11.1 Å². The number of hydrogen-bond acceptors (Lipinski definition) is 4. The predicted molar refractivity (Wildman–Crippen MR) is 116 cm³/mol. The molecule has 0 aromatic heterocycles. The predicted octanol–water partition coefficient (Wildman–Crippen LogP) is 3.53. The summed E-state index contributed by atoms with van der Waals surface area (Å²) in [5, 5.41) is 7.41. The lowest BCUT2D eigenvalue weighted by atomic mass is 10.1. The summed E-state index contributed by atoms with van der Waals surface area (Å²) in [5.74, 6) is 0.541. The monoisotopic (exact) mass is 409 g/mol. The first-order valence-electron chi connectivity index (χ1n) is 9.12. The summed E-state index contributed by atoms with van der Waals surface area (Å²) >= 11 is 0. The molecule has 7 heteroatoms. The number of nitrogen functional groups attached to an aromatic ring is 1. The van der Waals surface area contributed by atoms with E-state index < -0.39 is 10.0 Å². The van der Waals surface area contributed by atoms with E-state index in [4.69, 9.17) is 15.9 Å². The fourth-order valence-electron chi connectivity index (χ4n) is 2.80. The third-order valence-electron chi connectivity index (χ3n) is 4.23. The van der Waals surface area contributed by atoms with E-state index in [2.05, 4.69) is 4.72 Å². The Labute approximate surface area is 170 Å². The van der Waals surface area contributed by atoms with Gasteiger partial charge in [-0.3, -0.25) is 10.1 Å². The van der Waals surface area contributed by atoms with Crippen LogP contribution in [0.25, 0.3) is 0 Å². The smallest absolute Gasteiger partial charge is 0.236 e. The number of amidine groups is 1. The molecule has 0 bridgehead atoms. The molecule has 0 fully saturated rings. The summed E-state index contributed by atoms with van der Waals surface area (Å²) < 4.78 is 33.1. The summed E-state index contributed by atoms with van der Waals surface area (Å²) in [4.78, 5) is 0. The van der Waals surface area contributed by atoms with Gasteiger partial charge in [0.05, 0.1) is 18.0 Å². The molecule has 6 nitrogen and oxygen atoms in total. The van der Waals surface area contributed by atoms with Crippen molar-refractivity contribution in [1.29, 1.82) is 5.41 Å². The van der Waals surface area contributed by atoms with Gasteiger partial charge < -0.3 is 10.5 Å². The standard InChI is InChI=1S/C22H23N3O3S/c23-22(24)19-11-9-17(10-12-19)13-14-28-21-8-4-7-20(15-21)25-29(26,27)16-18-5-2-1-3-6-18/h1-12,15,25H,13-14,16H2,(H3,23,24). The Hall–Kier alpha value is -3.32. The highest BCUT2D eigenvalue weighted by Gasteiger charge is 2.12. The first-order valence-corrected chi connectivity index (χ1v) is 10.8. The highest BCUT2D eigenvalue weighted by Crippen LogP contribution is 2.20. The molecule has 0 atom stereocenters. The highest BCUT2D eigenvalue weighted by molar-refractivity contribution is 7.91. The van der Waals surface area contributed by atoms with Gasteiger partial charge in [-0.05, 0) is 23.3 Å². The molecule has 0 aliphatic heterocycles. The van der Waals surface area contributed by atoms with Crippen molar-refractivity contribution >= 4 is 21.5 Å². The van der Waals surface area contributed by atoms with E-state index >= 15 is 0 Å². The van der Waals surface area contributed by atoms with Crippen LogP contribution in [0, 0.1) is 5.41 Å². The van der Waals surface area contributed by atoms with Crippen LogP contribution in [0.5, 0.6) is 5.75 Å². The molecule has 4 N–H and O–H groups in total. The number of benzene rings is 3. The lowest BCUT2D eigenvalue weighted by Gasteiger charge is -2.11. The van der Waals surface area contributed by atoms with Crippen LogP contribution in [0.2, 0.25) is 0 Å². The van der Waals surface area contributed by atoms with Crippen LogP contribution in [-0.4, -0.2) is 20.9 Å². The summed E-state index contributed by atoms with van der Waals surface area (Å²) in [6.07, 6.45) is 0.683. The minimum atomic E-state index is -3.51. The maximum atomic E-state index is 12.4. The van der Waals surface area contributed by atoms with Crippen molar-refractivity contribution in [3.63, 3.8) is 0 Å². The maximum Gasteiger partial charge on any atom is 0.236 e. The number of hydrogen-bond donors (Lipinski definition) is 3. The molecule has 0 heterocycles. The van der Waals surface area contributed by atoms with Crippen molar-refractivity contribution in [2.24, 2.45) is 5.73 Å². The average molecular weight is 410 g/mol. The molecule has 0 aliphatic carbocycles. The van der Waals surface area contributed by atoms with Crippen molar-refractivity contribution in [3.8, 4) is 5.75 Å². The summed E-state index contributed by atoms with van der Waals surface area (Å²) in [6.45, 7) is 0.444. The third-order valence-corrected chi connectivity index (χ3v) is 5.49. The molecule has 0 spiro atoms. The number of sulfonamides is 1. The zero-order valence-corrected chi connectivity index (χ0v) is 16.7. The molecule has 0 aliphatic rings. The molecule has 29 heavy (non-hydrogen) atoms. The summed E-state index contributed by atoms with van der Waals surface area (Å²) in [5.41, 5.74) is 8.39. The normalized spacial score (nSPS) is 11.0. The first kappa shape index (κ1) is 20.4. The van der Waals surface area contributed by atoms with Crippen molar-refractivity contribution in [2.45, 2.75) is 12.2 Å². The molecule has 3 aromatic rings. The quantitative estimate of drug-likeness (QED) is 0.371. The Balaban J connectivity index is 1.55. The SMILES string of the molecule is N=C(N)c1ccc(CCOc2cccc(NS(=O)(=O)Cc3ccccc3)c2)cc1. The average Bonchev–Trinajstić information content (AvgIpc) is 2.69. The molecule has 0 saturated carbocycles. The molecular formula is C22H23N3O3S. The lowest BCUT2D eigenvalue weighted by molar-refractivity contribution is 0.322. The van der Waals surface area contributed by atoms with Crippen LogP contribution in [0.15, 0.2) is 78.9 Å². The first-order chi connectivity index (χ1) is 13.9. The summed E-state index contributed by atoms with van der Waals surface area (Å²) in [6, 6.07) is 23.4. The van der Waals surface area contributed by atoms with Gasteiger partial charge in [0, 0.05) is 18.1 Å². The van der Waals surface area contributed by atoms with E-state index in [9.17, 15) is 8.42 Å². The van der Waals surface area contributed by atoms with E-state index in [1.807, 2.05) is 30.3 Å². The van der Waals surface area contributed by atoms with Gasteiger partial charge in [-0.15, -0.1) is 0 Å². The van der Waals surface area contributed by atoms with Gasteiger partial charge in [0.1, 0.15) is 11.6 Å². The van der Waals surface area contributed by atoms with Crippen LogP contribution in [-0.2, 0) is 22.2 Å².